The van der Waals surface area contributed by atoms with Gasteiger partial charge in [-0.05, 0) is 19.8 Å². The van der Waals surface area contributed by atoms with Crippen LogP contribution in [0.4, 0.5) is 5.13 Å². The predicted molar refractivity (Wildman–Crippen MR) is 57.0 cm³/mol. The molecule has 0 spiro atoms. The SMILES string of the molecule is Cc1nnc(NC2CCCC2C(=O)O)s1. The molecule has 1 aliphatic carbocycles. The molecule has 0 amide bonds. The highest BCUT2D eigenvalue weighted by molar-refractivity contribution is 7.15. The highest BCUT2D eigenvalue weighted by Crippen LogP contribution is 2.29. The Morgan fingerprint density at radius 2 is 2.33 bits per heavy atom. The van der Waals surface area contributed by atoms with E-state index in [2.05, 4.69) is 15.5 Å². The molecule has 1 saturated carbocycles. The molecule has 0 aromatic carbocycles. The maximum atomic E-state index is 10.9. The molecule has 0 aliphatic heterocycles. The summed E-state index contributed by atoms with van der Waals surface area (Å²) < 4.78 is 0. The van der Waals surface area contributed by atoms with E-state index in [1.807, 2.05) is 6.92 Å². The van der Waals surface area contributed by atoms with E-state index in [-0.39, 0.29) is 12.0 Å². The maximum Gasteiger partial charge on any atom is 0.308 e. The molecule has 15 heavy (non-hydrogen) atoms. The smallest absolute Gasteiger partial charge is 0.308 e. The highest BCUT2D eigenvalue weighted by atomic mass is 32.1. The van der Waals surface area contributed by atoms with E-state index >= 15 is 0 Å². The monoisotopic (exact) mass is 227 g/mol. The van der Waals surface area contributed by atoms with Crippen molar-refractivity contribution in [3.8, 4) is 0 Å². The fraction of sp³-hybridized carbons (Fsp3) is 0.667. The van der Waals surface area contributed by atoms with E-state index in [1.54, 1.807) is 0 Å². The number of carboxylic acid groups (broad SMARTS) is 1. The summed E-state index contributed by atoms with van der Waals surface area (Å²) in [6.07, 6.45) is 2.62. The van der Waals surface area contributed by atoms with Crippen molar-refractivity contribution < 1.29 is 9.90 Å². The number of aromatic nitrogens is 2. The van der Waals surface area contributed by atoms with Crippen LogP contribution >= 0.6 is 11.3 Å². The largest absolute Gasteiger partial charge is 0.481 e. The van der Waals surface area contributed by atoms with Gasteiger partial charge in [-0.1, -0.05) is 17.8 Å². The Labute approximate surface area is 91.5 Å². The van der Waals surface area contributed by atoms with Gasteiger partial charge in [-0.25, -0.2) is 0 Å². The van der Waals surface area contributed by atoms with Crippen LogP contribution in [0.3, 0.4) is 0 Å². The van der Waals surface area contributed by atoms with E-state index in [9.17, 15) is 4.79 Å². The second-order valence-corrected chi connectivity index (χ2v) is 4.93. The molecule has 2 N–H and O–H groups in total. The molecule has 2 atom stereocenters. The lowest BCUT2D eigenvalue weighted by Gasteiger charge is -2.15. The van der Waals surface area contributed by atoms with Crippen molar-refractivity contribution in [2.24, 2.45) is 5.92 Å². The van der Waals surface area contributed by atoms with Gasteiger partial charge < -0.3 is 10.4 Å². The van der Waals surface area contributed by atoms with Crippen molar-refractivity contribution in [3.63, 3.8) is 0 Å². The predicted octanol–water partition coefficient (Wildman–Crippen LogP) is 1.51. The molecule has 82 valence electrons. The van der Waals surface area contributed by atoms with Crippen LogP contribution < -0.4 is 5.32 Å². The molecular weight excluding hydrogens is 214 g/mol. The van der Waals surface area contributed by atoms with Gasteiger partial charge in [0.15, 0.2) is 0 Å². The van der Waals surface area contributed by atoms with Crippen molar-refractivity contribution in [1.29, 1.82) is 0 Å². The number of hydrogen-bond acceptors (Lipinski definition) is 5. The van der Waals surface area contributed by atoms with Gasteiger partial charge in [0.2, 0.25) is 5.13 Å². The van der Waals surface area contributed by atoms with Crippen molar-refractivity contribution >= 4 is 22.4 Å². The van der Waals surface area contributed by atoms with E-state index in [1.165, 1.54) is 11.3 Å². The van der Waals surface area contributed by atoms with Crippen LogP contribution in [-0.2, 0) is 4.79 Å². The third-order valence-electron chi connectivity index (χ3n) is 2.67. The second-order valence-electron chi connectivity index (χ2n) is 3.75. The molecule has 1 aromatic heterocycles. The van der Waals surface area contributed by atoms with Crippen LogP contribution in [0.15, 0.2) is 0 Å². The average molecular weight is 227 g/mol. The zero-order valence-corrected chi connectivity index (χ0v) is 9.25. The van der Waals surface area contributed by atoms with Gasteiger partial charge >= 0.3 is 5.97 Å². The summed E-state index contributed by atoms with van der Waals surface area (Å²) in [4.78, 5) is 10.9. The van der Waals surface area contributed by atoms with E-state index < -0.39 is 5.97 Å². The third-order valence-corrected chi connectivity index (χ3v) is 3.44. The van der Waals surface area contributed by atoms with Gasteiger partial charge in [0.1, 0.15) is 5.01 Å². The van der Waals surface area contributed by atoms with Gasteiger partial charge in [0.25, 0.3) is 0 Å². The summed E-state index contributed by atoms with van der Waals surface area (Å²) in [7, 11) is 0. The number of aliphatic carboxylic acids is 1. The molecule has 1 aliphatic rings. The second kappa shape index (κ2) is 4.14. The van der Waals surface area contributed by atoms with Crippen LogP contribution in [-0.4, -0.2) is 27.3 Å². The minimum absolute atomic E-state index is 0.00912. The number of carboxylic acids is 1. The Balaban J connectivity index is 2.02. The summed E-state index contributed by atoms with van der Waals surface area (Å²) in [5.41, 5.74) is 0. The first-order chi connectivity index (χ1) is 7.16. The Morgan fingerprint density at radius 1 is 1.53 bits per heavy atom. The molecule has 5 nitrogen and oxygen atoms in total. The van der Waals surface area contributed by atoms with E-state index in [4.69, 9.17) is 5.11 Å². The van der Waals surface area contributed by atoms with E-state index in [0.717, 1.165) is 29.4 Å². The molecule has 2 rings (SSSR count). The average Bonchev–Trinajstić information content (AvgIpc) is 2.75. The Morgan fingerprint density at radius 3 is 2.93 bits per heavy atom. The molecule has 0 radical (unpaired) electrons. The summed E-state index contributed by atoms with van der Waals surface area (Å²) >= 11 is 1.46. The molecule has 0 bridgehead atoms. The first-order valence-electron chi connectivity index (χ1n) is 4.96. The van der Waals surface area contributed by atoms with Gasteiger partial charge in [-0.2, -0.15) is 0 Å². The molecule has 2 unspecified atom stereocenters. The Bertz CT molecular complexity index is 366. The number of aryl methyl sites for hydroxylation is 1. The molecule has 1 aromatic rings. The lowest BCUT2D eigenvalue weighted by Crippen LogP contribution is -2.29. The number of carbonyl (C=O) groups is 1. The molecular formula is C9H13N3O2S. The Kier molecular flexibility index (Phi) is 2.86. The van der Waals surface area contributed by atoms with Gasteiger partial charge in [-0.3, -0.25) is 4.79 Å². The zero-order chi connectivity index (χ0) is 10.8. The van der Waals surface area contributed by atoms with Crippen LogP contribution in [0, 0.1) is 12.8 Å². The topological polar surface area (TPSA) is 75.1 Å². The molecule has 0 saturated heterocycles. The van der Waals surface area contributed by atoms with Gasteiger partial charge in [-0.15, -0.1) is 10.2 Å². The fourth-order valence-corrected chi connectivity index (χ4v) is 2.60. The minimum atomic E-state index is -0.716. The van der Waals surface area contributed by atoms with Gasteiger partial charge in [0, 0.05) is 6.04 Å². The first kappa shape index (κ1) is 10.4. The maximum absolute atomic E-state index is 10.9. The van der Waals surface area contributed by atoms with Crippen LogP contribution in [0.2, 0.25) is 0 Å². The minimum Gasteiger partial charge on any atom is -0.481 e. The quantitative estimate of drug-likeness (QED) is 0.818. The summed E-state index contributed by atoms with van der Waals surface area (Å²) in [5.74, 6) is -1.000. The summed E-state index contributed by atoms with van der Waals surface area (Å²) in [6.45, 7) is 1.88. The fourth-order valence-electron chi connectivity index (χ4n) is 1.94. The number of nitrogens with one attached hydrogen (secondary N) is 1. The summed E-state index contributed by atoms with van der Waals surface area (Å²) in [6, 6.07) is 0.00912. The van der Waals surface area contributed by atoms with Crippen LogP contribution in [0.25, 0.3) is 0 Å². The van der Waals surface area contributed by atoms with Crippen LogP contribution in [0.1, 0.15) is 24.3 Å². The van der Waals surface area contributed by atoms with Crippen molar-refractivity contribution in [3.05, 3.63) is 5.01 Å². The lowest BCUT2D eigenvalue weighted by atomic mass is 10.0. The number of anilines is 1. The van der Waals surface area contributed by atoms with Crippen LogP contribution in [0.5, 0.6) is 0 Å². The number of rotatable bonds is 3. The van der Waals surface area contributed by atoms with Crippen molar-refractivity contribution in [2.45, 2.75) is 32.2 Å². The molecule has 1 heterocycles. The lowest BCUT2D eigenvalue weighted by molar-refractivity contribution is -0.141. The van der Waals surface area contributed by atoms with Gasteiger partial charge in [0.05, 0.1) is 5.92 Å². The normalized spacial score (nSPS) is 25.4. The third kappa shape index (κ3) is 2.26. The highest BCUT2D eigenvalue weighted by Gasteiger charge is 2.33. The van der Waals surface area contributed by atoms with E-state index in [0.29, 0.717) is 0 Å². The standard InChI is InChI=1S/C9H13N3O2S/c1-5-11-12-9(15-5)10-7-4-2-3-6(7)8(13)14/h6-7H,2-4H2,1H3,(H,10,12)(H,13,14). The molecule has 6 heteroatoms. The number of hydrogen-bond donors (Lipinski definition) is 2. The van der Waals surface area contributed by atoms with Crippen molar-refractivity contribution in [1.82, 2.24) is 10.2 Å². The Hall–Kier alpha value is -1.17. The first-order valence-corrected chi connectivity index (χ1v) is 5.78. The number of nitrogens with zero attached hydrogens (tertiary/aromatic N) is 2. The zero-order valence-electron chi connectivity index (χ0n) is 8.43. The van der Waals surface area contributed by atoms with Crippen molar-refractivity contribution in [2.75, 3.05) is 5.32 Å². The summed E-state index contributed by atoms with van der Waals surface area (Å²) in [5, 5.41) is 21.6. The molecule has 1 fully saturated rings.